The number of nitrogens with zero attached hydrogens (tertiary/aromatic N) is 1. The number of hydrogen-bond acceptors (Lipinski definition) is 3. The van der Waals surface area contributed by atoms with Crippen molar-refractivity contribution in [1.29, 1.82) is 0 Å². The number of hydrogen-bond donors (Lipinski definition) is 2. The summed E-state index contributed by atoms with van der Waals surface area (Å²) < 4.78 is 0. The number of amides is 1. The number of anilines is 2. The molecule has 23 heavy (non-hydrogen) atoms. The van der Waals surface area contributed by atoms with Gasteiger partial charge in [-0.3, -0.25) is 9.69 Å². The van der Waals surface area contributed by atoms with Crippen molar-refractivity contribution in [3.63, 3.8) is 0 Å². The van der Waals surface area contributed by atoms with E-state index in [1.807, 2.05) is 0 Å². The summed E-state index contributed by atoms with van der Waals surface area (Å²) in [6.45, 7) is 8.47. The molecule has 1 aliphatic carbocycles. The zero-order chi connectivity index (χ0) is 16.8. The van der Waals surface area contributed by atoms with Gasteiger partial charge in [-0.2, -0.15) is 0 Å². The Hall–Kier alpha value is -1.26. The van der Waals surface area contributed by atoms with E-state index in [0.29, 0.717) is 39.8 Å². The molecule has 2 atom stereocenters. The van der Waals surface area contributed by atoms with Crippen LogP contribution in [-0.4, -0.2) is 29.9 Å². The van der Waals surface area contributed by atoms with Crippen LogP contribution in [0, 0.1) is 10.8 Å². The SMILES string of the molecule is CC1(C)CC2CC(C)(CN2CC(=O)Nc2ccc(N)cc2Cl)C1. The molecule has 2 bridgehead atoms. The Morgan fingerprint density at radius 1 is 1.39 bits per heavy atom. The van der Waals surface area contributed by atoms with Gasteiger partial charge in [0.05, 0.1) is 17.3 Å². The van der Waals surface area contributed by atoms with Gasteiger partial charge in [-0.15, -0.1) is 0 Å². The van der Waals surface area contributed by atoms with Crippen LogP contribution < -0.4 is 11.1 Å². The number of fused-ring (bicyclic) bond motifs is 2. The highest BCUT2D eigenvalue weighted by atomic mass is 35.5. The molecule has 0 radical (unpaired) electrons. The van der Waals surface area contributed by atoms with Crippen LogP contribution in [0.4, 0.5) is 11.4 Å². The smallest absolute Gasteiger partial charge is 0.238 e. The van der Waals surface area contributed by atoms with E-state index in [2.05, 4.69) is 31.0 Å². The predicted octanol–water partition coefficient (Wildman–Crippen LogP) is 3.76. The average Bonchev–Trinajstić information content (AvgIpc) is 2.61. The van der Waals surface area contributed by atoms with Crippen molar-refractivity contribution in [2.75, 3.05) is 24.1 Å². The lowest BCUT2D eigenvalue weighted by molar-refractivity contribution is -0.117. The van der Waals surface area contributed by atoms with Crippen molar-refractivity contribution in [2.45, 2.75) is 46.1 Å². The Morgan fingerprint density at radius 2 is 2.13 bits per heavy atom. The Labute approximate surface area is 143 Å². The molecule has 5 heteroatoms. The second-order valence-corrected chi connectivity index (χ2v) is 8.81. The van der Waals surface area contributed by atoms with Crippen molar-refractivity contribution < 1.29 is 4.79 Å². The highest BCUT2D eigenvalue weighted by Crippen LogP contribution is 2.52. The summed E-state index contributed by atoms with van der Waals surface area (Å²) in [5, 5.41) is 3.39. The predicted molar refractivity (Wildman–Crippen MR) is 95.6 cm³/mol. The number of likely N-dealkylation sites (tertiary alicyclic amines) is 1. The summed E-state index contributed by atoms with van der Waals surface area (Å²) in [4.78, 5) is 14.8. The number of rotatable bonds is 3. The van der Waals surface area contributed by atoms with Crippen LogP contribution >= 0.6 is 11.6 Å². The Morgan fingerprint density at radius 3 is 2.83 bits per heavy atom. The van der Waals surface area contributed by atoms with E-state index < -0.39 is 0 Å². The maximum Gasteiger partial charge on any atom is 0.238 e. The Balaban J connectivity index is 1.65. The zero-order valence-electron chi connectivity index (χ0n) is 14.2. The first kappa shape index (κ1) is 16.6. The molecule has 3 N–H and O–H groups in total. The number of carbonyl (C=O) groups is 1. The number of halogens is 1. The Bertz CT molecular complexity index is 631. The van der Waals surface area contributed by atoms with E-state index in [9.17, 15) is 4.79 Å². The number of nitrogens with two attached hydrogens (primary N) is 1. The number of carbonyl (C=O) groups excluding carboxylic acids is 1. The summed E-state index contributed by atoms with van der Waals surface area (Å²) in [7, 11) is 0. The summed E-state index contributed by atoms with van der Waals surface area (Å²) in [6, 6.07) is 5.66. The fourth-order valence-corrected chi connectivity index (χ4v) is 5.00. The minimum absolute atomic E-state index is 0.00868. The molecule has 3 rings (SSSR count). The molecule has 1 saturated heterocycles. The Kier molecular flexibility index (Phi) is 4.09. The fraction of sp³-hybridized carbons (Fsp3) is 0.611. The number of benzene rings is 1. The van der Waals surface area contributed by atoms with Crippen molar-refractivity contribution in [2.24, 2.45) is 10.8 Å². The van der Waals surface area contributed by atoms with Gasteiger partial charge in [0.15, 0.2) is 0 Å². The molecule has 126 valence electrons. The monoisotopic (exact) mass is 335 g/mol. The molecule has 4 nitrogen and oxygen atoms in total. The standard InChI is InChI=1S/C18H26ClN3O/c1-17(2)7-13-8-18(3,10-17)11-22(13)9-16(23)21-15-5-4-12(20)6-14(15)19/h4-6,13H,7-11,20H2,1-3H3,(H,21,23). The highest BCUT2D eigenvalue weighted by Gasteiger charge is 2.49. The lowest BCUT2D eigenvalue weighted by atomic mass is 9.65. The second kappa shape index (κ2) is 5.67. The first-order valence-electron chi connectivity index (χ1n) is 8.25. The lowest BCUT2D eigenvalue weighted by Crippen LogP contribution is -2.38. The summed E-state index contributed by atoms with van der Waals surface area (Å²) >= 11 is 6.13. The molecule has 0 aromatic heterocycles. The fourth-order valence-electron chi connectivity index (χ4n) is 4.77. The zero-order valence-corrected chi connectivity index (χ0v) is 14.9. The minimum atomic E-state index is -0.00868. The van der Waals surface area contributed by atoms with Crippen LogP contribution in [0.25, 0.3) is 0 Å². The molecule has 1 heterocycles. The molecule has 2 fully saturated rings. The maximum absolute atomic E-state index is 12.4. The van der Waals surface area contributed by atoms with Gasteiger partial charge < -0.3 is 11.1 Å². The van der Waals surface area contributed by atoms with Crippen molar-refractivity contribution in [1.82, 2.24) is 4.90 Å². The van der Waals surface area contributed by atoms with E-state index in [-0.39, 0.29) is 5.91 Å². The van der Waals surface area contributed by atoms with Gasteiger partial charge in [0.2, 0.25) is 5.91 Å². The first-order valence-corrected chi connectivity index (χ1v) is 8.63. The summed E-state index contributed by atoms with van der Waals surface area (Å²) in [6.07, 6.45) is 3.60. The van der Waals surface area contributed by atoms with Gasteiger partial charge >= 0.3 is 0 Å². The van der Waals surface area contributed by atoms with Gasteiger partial charge in [0.25, 0.3) is 0 Å². The van der Waals surface area contributed by atoms with E-state index in [4.69, 9.17) is 17.3 Å². The molecule has 2 unspecified atom stereocenters. The van der Waals surface area contributed by atoms with Crippen LogP contribution in [-0.2, 0) is 4.79 Å². The van der Waals surface area contributed by atoms with Crippen LogP contribution in [0.15, 0.2) is 18.2 Å². The summed E-state index contributed by atoms with van der Waals surface area (Å²) in [5.41, 5.74) is 7.61. The van der Waals surface area contributed by atoms with Crippen LogP contribution in [0.3, 0.4) is 0 Å². The number of nitrogen functional groups attached to an aromatic ring is 1. The van der Waals surface area contributed by atoms with E-state index >= 15 is 0 Å². The molecule has 1 aliphatic heterocycles. The average molecular weight is 336 g/mol. The molecule has 1 saturated carbocycles. The van der Waals surface area contributed by atoms with Crippen LogP contribution in [0.1, 0.15) is 40.0 Å². The molecular weight excluding hydrogens is 310 g/mol. The van der Waals surface area contributed by atoms with Crippen LogP contribution in [0.2, 0.25) is 5.02 Å². The third-order valence-electron chi connectivity index (χ3n) is 5.14. The first-order chi connectivity index (χ1) is 10.7. The molecule has 1 aromatic rings. The van der Waals surface area contributed by atoms with Crippen molar-refractivity contribution in [3.05, 3.63) is 23.2 Å². The highest BCUT2D eigenvalue weighted by molar-refractivity contribution is 6.34. The third-order valence-corrected chi connectivity index (χ3v) is 5.45. The largest absolute Gasteiger partial charge is 0.399 e. The van der Waals surface area contributed by atoms with E-state index in [1.165, 1.54) is 19.3 Å². The van der Waals surface area contributed by atoms with Crippen molar-refractivity contribution >= 4 is 28.9 Å². The van der Waals surface area contributed by atoms with Gasteiger partial charge in [0.1, 0.15) is 0 Å². The molecule has 0 spiro atoms. The minimum Gasteiger partial charge on any atom is -0.399 e. The maximum atomic E-state index is 12.4. The van der Waals surface area contributed by atoms with Gasteiger partial charge in [-0.25, -0.2) is 0 Å². The normalized spacial score (nSPS) is 29.5. The topological polar surface area (TPSA) is 58.4 Å². The van der Waals surface area contributed by atoms with E-state index in [1.54, 1.807) is 18.2 Å². The lowest BCUT2D eigenvalue weighted by Gasteiger charge is -2.39. The summed E-state index contributed by atoms with van der Waals surface area (Å²) in [5.74, 6) is -0.00868. The van der Waals surface area contributed by atoms with Crippen molar-refractivity contribution in [3.8, 4) is 0 Å². The molecular formula is C18H26ClN3O. The second-order valence-electron chi connectivity index (χ2n) is 8.41. The number of nitrogens with one attached hydrogen (secondary N) is 1. The molecule has 1 amide bonds. The van der Waals surface area contributed by atoms with E-state index in [0.717, 1.165) is 6.54 Å². The molecule has 1 aromatic carbocycles. The van der Waals surface area contributed by atoms with Gasteiger partial charge in [-0.1, -0.05) is 32.4 Å². The molecule has 2 aliphatic rings. The quantitative estimate of drug-likeness (QED) is 0.827. The van der Waals surface area contributed by atoms with Gasteiger partial charge in [-0.05, 0) is 48.3 Å². The van der Waals surface area contributed by atoms with Gasteiger partial charge in [0, 0.05) is 18.3 Å². The van der Waals surface area contributed by atoms with Crippen LogP contribution in [0.5, 0.6) is 0 Å². The third kappa shape index (κ3) is 3.64.